The fraction of sp³-hybridized carbons (Fsp3) is 0.217. The van der Waals surface area contributed by atoms with E-state index in [0.717, 1.165) is 5.56 Å². The van der Waals surface area contributed by atoms with Crippen molar-refractivity contribution in [1.82, 2.24) is 9.97 Å². The fourth-order valence-electron chi connectivity index (χ4n) is 2.66. The zero-order valence-electron chi connectivity index (χ0n) is 16.9. The number of hydrogen-bond acceptors (Lipinski definition) is 5. The van der Waals surface area contributed by atoms with Gasteiger partial charge in [-0.3, -0.25) is 4.79 Å². The third kappa shape index (κ3) is 5.87. The molecule has 0 bridgehead atoms. The van der Waals surface area contributed by atoms with Gasteiger partial charge < -0.3 is 24.5 Å². The van der Waals surface area contributed by atoms with Crippen LogP contribution in [0, 0.1) is 11.8 Å². The van der Waals surface area contributed by atoms with Crippen molar-refractivity contribution in [2.45, 2.75) is 6.92 Å². The van der Waals surface area contributed by atoms with E-state index < -0.39 is 5.91 Å². The van der Waals surface area contributed by atoms with Gasteiger partial charge in [-0.05, 0) is 43.3 Å². The molecule has 0 saturated heterocycles. The van der Waals surface area contributed by atoms with Crippen molar-refractivity contribution < 1.29 is 19.0 Å². The monoisotopic (exact) mass is 405 g/mol. The predicted octanol–water partition coefficient (Wildman–Crippen LogP) is 3.49. The number of aromatic nitrogens is 2. The van der Waals surface area contributed by atoms with Crippen LogP contribution < -0.4 is 14.8 Å². The average molecular weight is 405 g/mol. The molecule has 0 aliphatic carbocycles. The summed E-state index contributed by atoms with van der Waals surface area (Å²) in [5.41, 5.74) is 2.00. The van der Waals surface area contributed by atoms with Gasteiger partial charge in [0.2, 0.25) is 0 Å². The van der Waals surface area contributed by atoms with Gasteiger partial charge in [-0.2, -0.15) is 0 Å². The van der Waals surface area contributed by atoms with E-state index in [2.05, 4.69) is 27.1 Å². The Bertz CT molecular complexity index is 1040. The molecule has 3 rings (SSSR count). The van der Waals surface area contributed by atoms with Crippen LogP contribution in [-0.4, -0.2) is 42.8 Å². The van der Waals surface area contributed by atoms with Crippen LogP contribution >= 0.6 is 0 Å². The molecule has 1 heterocycles. The van der Waals surface area contributed by atoms with E-state index in [1.807, 2.05) is 31.2 Å². The van der Waals surface area contributed by atoms with Crippen molar-refractivity contribution in [2.24, 2.45) is 0 Å². The Morgan fingerprint density at radius 3 is 2.87 bits per heavy atom. The number of methoxy groups -OCH3 is 1. The van der Waals surface area contributed by atoms with E-state index >= 15 is 0 Å². The summed E-state index contributed by atoms with van der Waals surface area (Å²) in [6.45, 7) is 3.36. The van der Waals surface area contributed by atoms with Crippen molar-refractivity contribution in [2.75, 3.05) is 32.2 Å². The summed E-state index contributed by atoms with van der Waals surface area (Å²) >= 11 is 0. The molecule has 7 nitrogen and oxygen atoms in total. The lowest BCUT2D eigenvalue weighted by atomic mass is 10.1. The fourth-order valence-corrected chi connectivity index (χ4v) is 2.66. The lowest BCUT2D eigenvalue weighted by Crippen LogP contribution is -2.12. The van der Waals surface area contributed by atoms with Crippen LogP contribution in [-0.2, 0) is 9.53 Å². The van der Waals surface area contributed by atoms with E-state index in [-0.39, 0.29) is 0 Å². The molecule has 1 aromatic heterocycles. The number of carbonyl (C=O) groups excluding carboxylic acids is 1. The Balaban J connectivity index is 1.78. The number of amides is 1. The lowest BCUT2D eigenvalue weighted by Gasteiger charge is -2.12. The van der Waals surface area contributed by atoms with Gasteiger partial charge in [-0.1, -0.05) is 12.0 Å². The molecule has 2 aromatic carbocycles. The first-order valence-corrected chi connectivity index (χ1v) is 9.51. The van der Waals surface area contributed by atoms with Crippen molar-refractivity contribution in [3.05, 3.63) is 60.4 Å². The molecule has 0 fully saturated rings. The summed E-state index contributed by atoms with van der Waals surface area (Å²) < 4.78 is 16.2. The van der Waals surface area contributed by atoms with E-state index in [0.29, 0.717) is 48.4 Å². The molecule has 0 aliphatic heterocycles. The zero-order valence-corrected chi connectivity index (χ0v) is 16.9. The predicted molar refractivity (Wildman–Crippen MR) is 115 cm³/mol. The summed E-state index contributed by atoms with van der Waals surface area (Å²) in [5.74, 6) is 6.88. The van der Waals surface area contributed by atoms with Crippen LogP contribution in [0.5, 0.6) is 11.5 Å². The molecular formula is C23H23N3O4. The van der Waals surface area contributed by atoms with E-state index in [1.54, 1.807) is 37.7 Å². The Labute approximate surface area is 175 Å². The van der Waals surface area contributed by atoms with Crippen molar-refractivity contribution in [1.29, 1.82) is 0 Å². The number of ether oxygens (including phenoxy) is 3. The van der Waals surface area contributed by atoms with Gasteiger partial charge in [-0.15, -0.1) is 0 Å². The smallest absolute Gasteiger partial charge is 0.300 e. The van der Waals surface area contributed by atoms with Gasteiger partial charge in [-0.25, -0.2) is 4.98 Å². The first-order valence-electron chi connectivity index (χ1n) is 9.51. The normalized spacial score (nSPS) is 10.1. The molecule has 30 heavy (non-hydrogen) atoms. The molecule has 0 radical (unpaired) electrons. The van der Waals surface area contributed by atoms with E-state index in [9.17, 15) is 4.79 Å². The minimum atomic E-state index is -0.455. The molecule has 0 spiro atoms. The van der Waals surface area contributed by atoms with Crippen LogP contribution in [0.3, 0.4) is 0 Å². The molecule has 0 saturated carbocycles. The van der Waals surface area contributed by atoms with E-state index in [1.165, 1.54) is 0 Å². The number of imidazole rings is 1. The van der Waals surface area contributed by atoms with Gasteiger partial charge in [0.05, 0.1) is 19.4 Å². The molecule has 0 unspecified atom stereocenters. The Hall–Kier alpha value is -3.76. The second-order valence-electron chi connectivity index (χ2n) is 6.13. The van der Waals surface area contributed by atoms with Gasteiger partial charge in [0, 0.05) is 36.0 Å². The zero-order chi connectivity index (χ0) is 21.2. The van der Waals surface area contributed by atoms with Crippen molar-refractivity contribution in [3.63, 3.8) is 0 Å². The minimum Gasteiger partial charge on any atom is -0.497 e. The summed E-state index contributed by atoms with van der Waals surface area (Å²) in [5, 5.41) is 2.80. The highest BCUT2D eigenvalue weighted by Gasteiger charge is 2.10. The second kappa shape index (κ2) is 10.7. The highest BCUT2D eigenvalue weighted by Crippen LogP contribution is 2.29. The standard InChI is InChI=1S/C23H23N3O4/c1-3-29-13-14-30-21-9-8-18(23-24-11-12-25-23)16-20(21)26-22(27)10-7-17-5-4-6-19(15-17)28-2/h4-6,8-9,11-12,15-16H,3,13-14H2,1-2H3,(H,24,25)(H,26,27). The number of benzene rings is 2. The second-order valence-corrected chi connectivity index (χ2v) is 6.13. The first-order chi connectivity index (χ1) is 14.7. The molecule has 0 atom stereocenters. The summed E-state index contributed by atoms with van der Waals surface area (Å²) in [6.07, 6.45) is 3.40. The maximum atomic E-state index is 12.4. The van der Waals surface area contributed by atoms with Crippen LogP contribution in [0.25, 0.3) is 11.4 Å². The number of hydrogen-bond donors (Lipinski definition) is 2. The summed E-state index contributed by atoms with van der Waals surface area (Å²) in [6, 6.07) is 12.7. The van der Waals surface area contributed by atoms with E-state index in [4.69, 9.17) is 14.2 Å². The Morgan fingerprint density at radius 2 is 2.10 bits per heavy atom. The van der Waals surface area contributed by atoms with Gasteiger partial charge in [0.25, 0.3) is 0 Å². The molecule has 154 valence electrons. The quantitative estimate of drug-likeness (QED) is 0.443. The summed E-state index contributed by atoms with van der Waals surface area (Å²) in [4.78, 5) is 19.7. The Morgan fingerprint density at radius 1 is 1.20 bits per heavy atom. The largest absolute Gasteiger partial charge is 0.497 e. The van der Waals surface area contributed by atoms with Crippen molar-refractivity contribution >= 4 is 11.6 Å². The number of aromatic amines is 1. The molecule has 3 aromatic rings. The third-order valence-electron chi connectivity index (χ3n) is 4.08. The van der Waals surface area contributed by atoms with Crippen LogP contribution in [0.2, 0.25) is 0 Å². The highest BCUT2D eigenvalue weighted by molar-refractivity contribution is 6.05. The third-order valence-corrected chi connectivity index (χ3v) is 4.08. The molecule has 0 aliphatic rings. The van der Waals surface area contributed by atoms with Gasteiger partial charge in [0.1, 0.15) is 23.9 Å². The highest BCUT2D eigenvalue weighted by atomic mass is 16.5. The SMILES string of the molecule is CCOCCOc1ccc(-c2ncc[nH]2)cc1NC(=O)C#Cc1cccc(OC)c1. The maximum absolute atomic E-state index is 12.4. The van der Waals surface area contributed by atoms with Gasteiger partial charge >= 0.3 is 5.91 Å². The summed E-state index contributed by atoms with van der Waals surface area (Å²) in [7, 11) is 1.58. The number of anilines is 1. The molecular weight excluding hydrogens is 382 g/mol. The number of nitrogens with zero attached hydrogens (tertiary/aromatic N) is 1. The van der Waals surface area contributed by atoms with Crippen LogP contribution in [0.4, 0.5) is 5.69 Å². The number of carbonyl (C=O) groups is 1. The number of H-pyrrole nitrogens is 1. The van der Waals surface area contributed by atoms with Crippen LogP contribution in [0.15, 0.2) is 54.9 Å². The van der Waals surface area contributed by atoms with Crippen molar-refractivity contribution in [3.8, 4) is 34.7 Å². The topological polar surface area (TPSA) is 85.5 Å². The number of nitrogens with one attached hydrogen (secondary N) is 2. The average Bonchev–Trinajstić information content (AvgIpc) is 3.31. The first kappa shape index (κ1) is 21.0. The lowest BCUT2D eigenvalue weighted by molar-refractivity contribution is -0.111. The van der Waals surface area contributed by atoms with Gasteiger partial charge in [0.15, 0.2) is 0 Å². The molecule has 2 N–H and O–H groups in total. The number of rotatable bonds is 8. The maximum Gasteiger partial charge on any atom is 0.300 e. The van der Waals surface area contributed by atoms with Crippen LogP contribution in [0.1, 0.15) is 12.5 Å². The molecule has 7 heteroatoms. The Kier molecular flexibility index (Phi) is 7.47. The minimum absolute atomic E-state index is 0.367. The molecule has 1 amide bonds.